The van der Waals surface area contributed by atoms with Gasteiger partial charge in [-0.05, 0) is 100 Å². The largest absolute Gasteiger partial charge is 0.478 e. The van der Waals surface area contributed by atoms with Crippen LogP contribution < -0.4 is 15.2 Å². The molecule has 2 N–H and O–H groups in total. The molecule has 3 aliphatic rings. The van der Waals surface area contributed by atoms with Crippen LogP contribution in [-0.4, -0.2) is 29.8 Å². The molecule has 2 aliphatic carbocycles. The van der Waals surface area contributed by atoms with Gasteiger partial charge in [0.25, 0.3) is 10.1 Å². The Morgan fingerprint density at radius 3 is 2.38 bits per heavy atom. The van der Waals surface area contributed by atoms with Crippen molar-refractivity contribution in [2.45, 2.75) is 72.1 Å². The van der Waals surface area contributed by atoms with Crippen LogP contribution in [0, 0.1) is 10.8 Å². The Hall–Kier alpha value is -3.42. The summed E-state index contributed by atoms with van der Waals surface area (Å²) in [6.45, 7) is 10.9. The molecule has 220 valence electrons. The van der Waals surface area contributed by atoms with Crippen molar-refractivity contribution < 1.29 is 27.6 Å². The number of benzene rings is 3. The van der Waals surface area contributed by atoms with Gasteiger partial charge in [0.1, 0.15) is 11.5 Å². The fraction of sp³-hybridized carbons (Fsp3) is 0.400. The standard InChI is InChI=1S/C35H38O6S/c1-6-20-15-34(2,3)16-21-11-30-28(13-26(20)21)32(24-9-7-8-10-25(24)33(36)37)29-14-27-22(12-31(29)41-30)17-35(4,5)18-23(27)19-42(38,39)40/h7-14,17,20,23H,6,15-16,18-19H2,1-5H3,(H,36,37)(H,38,39,40). The maximum atomic E-state index is 12.5. The van der Waals surface area contributed by atoms with Gasteiger partial charge in [0.05, 0.1) is 11.3 Å². The van der Waals surface area contributed by atoms with E-state index in [-0.39, 0.29) is 22.1 Å². The fourth-order valence-electron chi connectivity index (χ4n) is 7.62. The van der Waals surface area contributed by atoms with E-state index in [4.69, 9.17) is 4.74 Å². The van der Waals surface area contributed by atoms with Crippen molar-refractivity contribution in [2.24, 2.45) is 10.8 Å². The maximum absolute atomic E-state index is 12.5. The molecule has 6 nitrogen and oxygen atoms in total. The van der Waals surface area contributed by atoms with Crippen LogP contribution in [0.4, 0.5) is 0 Å². The molecule has 0 saturated carbocycles. The number of aromatic carboxylic acids is 1. The average Bonchev–Trinajstić information content (AvgIpc) is 2.87. The Morgan fingerprint density at radius 2 is 1.69 bits per heavy atom. The number of fused-ring (bicyclic) bond motifs is 4. The van der Waals surface area contributed by atoms with Gasteiger partial charge in [-0.25, -0.2) is 4.79 Å². The number of ether oxygens (including phenoxy) is 1. The predicted molar refractivity (Wildman–Crippen MR) is 164 cm³/mol. The van der Waals surface area contributed by atoms with E-state index in [0.717, 1.165) is 46.4 Å². The number of carbonyl (C=O) groups is 1. The first kappa shape index (κ1) is 28.7. The molecule has 0 saturated heterocycles. The molecule has 2 atom stereocenters. The SMILES string of the molecule is CCC1CC(C)(C)Cc2cc3c(cc21)C(c1ccccc1C(=O)O)=c1cc2c(cc1O3)=CC(C)(C)CC2CS(=O)(=O)O. The highest BCUT2D eigenvalue weighted by Gasteiger charge is 2.36. The van der Waals surface area contributed by atoms with Crippen LogP contribution in [0.3, 0.4) is 0 Å². The smallest absolute Gasteiger partial charge is 0.336 e. The Bertz CT molecular complexity index is 1870. The minimum absolute atomic E-state index is 0.165. The Balaban J connectivity index is 1.71. The second kappa shape index (κ2) is 9.81. The van der Waals surface area contributed by atoms with Crippen LogP contribution in [0.15, 0.2) is 48.5 Å². The minimum atomic E-state index is -4.23. The molecule has 3 aromatic rings. The van der Waals surface area contributed by atoms with Gasteiger partial charge in [-0.2, -0.15) is 8.42 Å². The summed E-state index contributed by atoms with van der Waals surface area (Å²) in [7, 11) is -4.23. The highest BCUT2D eigenvalue weighted by Crippen LogP contribution is 2.48. The quantitative estimate of drug-likeness (QED) is 0.263. The van der Waals surface area contributed by atoms with Crippen LogP contribution in [0.2, 0.25) is 0 Å². The van der Waals surface area contributed by atoms with E-state index in [0.29, 0.717) is 29.4 Å². The molecule has 0 bridgehead atoms. The Labute approximate surface area is 247 Å². The molecule has 6 rings (SSSR count). The third kappa shape index (κ3) is 5.18. The highest BCUT2D eigenvalue weighted by molar-refractivity contribution is 7.85. The van der Waals surface area contributed by atoms with Crippen molar-refractivity contribution >= 4 is 27.7 Å². The lowest BCUT2D eigenvalue weighted by Crippen LogP contribution is -2.34. The zero-order valence-electron chi connectivity index (χ0n) is 24.8. The minimum Gasteiger partial charge on any atom is -0.478 e. The van der Waals surface area contributed by atoms with Crippen molar-refractivity contribution in [1.82, 2.24) is 0 Å². The van der Waals surface area contributed by atoms with E-state index >= 15 is 0 Å². The number of rotatable bonds is 5. The lowest BCUT2D eigenvalue weighted by Gasteiger charge is -2.38. The van der Waals surface area contributed by atoms with Crippen LogP contribution in [-0.2, 0) is 16.5 Å². The zero-order chi connectivity index (χ0) is 30.2. The molecule has 0 spiro atoms. The molecule has 42 heavy (non-hydrogen) atoms. The number of carboxylic acid groups (broad SMARTS) is 1. The van der Waals surface area contributed by atoms with Crippen molar-refractivity contribution in [1.29, 1.82) is 0 Å². The van der Waals surface area contributed by atoms with Gasteiger partial charge in [0.15, 0.2) is 0 Å². The van der Waals surface area contributed by atoms with Gasteiger partial charge in [-0.15, -0.1) is 0 Å². The van der Waals surface area contributed by atoms with Crippen LogP contribution in [0.25, 0.3) is 11.6 Å². The Kier molecular flexibility index (Phi) is 6.70. The van der Waals surface area contributed by atoms with E-state index in [2.05, 4.69) is 52.8 Å². The van der Waals surface area contributed by atoms with E-state index in [9.17, 15) is 22.9 Å². The third-order valence-electron chi connectivity index (χ3n) is 9.18. The summed E-state index contributed by atoms with van der Waals surface area (Å²) in [4.78, 5) is 12.5. The summed E-state index contributed by atoms with van der Waals surface area (Å²) in [5.41, 5.74) is 5.64. The number of carboxylic acids is 1. The summed E-state index contributed by atoms with van der Waals surface area (Å²) in [5.74, 6) is -0.128. The molecule has 7 heteroatoms. The first-order chi connectivity index (χ1) is 19.6. The van der Waals surface area contributed by atoms with Gasteiger partial charge >= 0.3 is 5.97 Å². The molecule has 2 unspecified atom stereocenters. The van der Waals surface area contributed by atoms with E-state index in [1.165, 1.54) is 11.1 Å². The molecular weight excluding hydrogens is 548 g/mol. The molecule has 0 radical (unpaired) electrons. The second-order valence-electron chi connectivity index (χ2n) is 13.8. The fourth-order valence-corrected chi connectivity index (χ4v) is 8.43. The Morgan fingerprint density at radius 1 is 0.952 bits per heavy atom. The summed E-state index contributed by atoms with van der Waals surface area (Å²) in [6, 6.07) is 15.3. The number of hydrogen-bond acceptors (Lipinski definition) is 4. The molecule has 0 fully saturated rings. The van der Waals surface area contributed by atoms with Crippen LogP contribution in [0.5, 0.6) is 11.5 Å². The summed E-state index contributed by atoms with van der Waals surface area (Å²) in [5, 5.41) is 11.8. The van der Waals surface area contributed by atoms with Crippen LogP contribution >= 0.6 is 0 Å². The molecule has 0 amide bonds. The van der Waals surface area contributed by atoms with Crippen molar-refractivity contribution in [3.05, 3.63) is 92.3 Å². The molecule has 1 aliphatic heterocycles. The van der Waals surface area contributed by atoms with E-state index in [1.54, 1.807) is 12.1 Å². The number of hydrogen-bond donors (Lipinski definition) is 2. The van der Waals surface area contributed by atoms with Gasteiger partial charge < -0.3 is 9.84 Å². The van der Waals surface area contributed by atoms with Crippen molar-refractivity contribution in [3.63, 3.8) is 0 Å². The molecular formula is C35H38O6S. The highest BCUT2D eigenvalue weighted by atomic mass is 32.2. The third-order valence-corrected chi connectivity index (χ3v) is 10.0. The average molecular weight is 587 g/mol. The lowest BCUT2D eigenvalue weighted by molar-refractivity contribution is 0.0696. The van der Waals surface area contributed by atoms with Crippen LogP contribution in [0.1, 0.15) is 104 Å². The lowest BCUT2D eigenvalue weighted by atomic mass is 9.67. The van der Waals surface area contributed by atoms with Gasteiger partial charge in [0.2, 0.25) is 0 Å². The zero-order valence-corrected chi connectivity index (χ0v) is 25.6. The summed E-state index contributed by atoms with van der Waals surface area (Å²) < 4.78 is 40.6. The monoisotopic (exact) mass is 586 g/mol. The molecule has 1 heterocycles. The van der Waals surface area contributed by atoms with Crippen molar-refractivity contribution in [2.75, 3.05) is 5.75 Å². The first-order valence-corrected chi connectivity index (χ1v) is 16.3. The van der Waals surface area contributed by atoms with Gasteiger partial charge in [-0.1, -0.05) is 58.9 Å². The van der Waals surface area contributed by atoms with E-state index in [1.807, 2.05) is 24.3 Å². The van der Waals surface area contributed by atoms with Gasteiger partial charge in [0, 0.05) is 22.3 Å². The normalized spacial score (nSPS) is 21.6. The molecule has 0 aromatic heterocycles. The summed E-state index contributed by atoms with van der Waals surface area (Å²) in [6.07, 6.45) is 5.70. The summed E-state index contributed by atoms with van der Waals surface area (Å²) >= 11 is 0. The maximum Gasteiger partial charge on any atom is 0.336 e. The predicted octanol–water partition coefficient (Wildman–Crippen LogP) is 6.39. The van der Waals surface area contributed by atoms with Crippen molar-refractivity contribution in [3.8, 4) is 11.5 Å². The molecule has 3 aromatic carbocycles. The van der Waals surface area contributed by atoms with E-state index < -0.39 is 22.0 Å². The second-order valence-corrected chi connectivity index (χ2v) is 15.3. The topological polar surface area (TPSA) is 101 Å². The first-order valence-electron chi connectivity index (χ1n) is 14.7. The van der Waals surface area contributed by atoms with Gasteiger partial charge in [-0.3, -0.25) is 4.55 Å².